The Bertz CT molecular complexity index is 1060. The molecule has 0 heterocycles. The van der Waals surface area contributed by atoms with Crippen LogP contribution in [0.4, 0.5) is 26.3 Å². The highest BCUT2D eigenvalue weighted by Crippen LogP contribution is 2.53. The predicted molar refractivity (Wildman–Crippen MR) is 84.8 cm³/mol. The van der Waals surface area contributed by atoms with Gasteiger partial charge in [0.1, 0.15) is 0 Å². The molecule has 0 rings (SSSR count). The van der Waals surface area contributed by atoms with Crippen LogP contribution in [0.5, 0.6) is 0 Å². The molecule has 0 radical (unpaired) electrons. The number of carbonyl (C=O) groups excluding carboxylic acids is 2. The van der Waals surface area contributed by atoms with Gasteiger partial charge in [-0.3, -0.25) is 9.59 Å². The Morgan fingerprint density at radius 3 is 1.34 bits per heavy atom. The molecule has 0 aromatic rings. The molecule has 0 aliphatic heterocycles. The van der Waals surface area contributed by atoms with Crippen LogP contribution < -0.4 is 0 Å². The Kier molecular flexibility index (Phi) is 7.05. The van der Waals surface area contributed by atoms with Crippen molar-refractivity contribution in [1.29, 1.82) is 0 Å². The summed E-state index contributed by atoms with van der Waals surface area (Å²) >= 11 is 0. The number of rotatable bonds is 9. The maximum Gasteiger partial charge on any atom is 0.470 e. The quantitative estimate of drug-likeness (QED) is 0.332. The summed E-state index contributed by atoms with van der Waals surface area (Å²) in [4.78, 5) is 24.2. The van der Waals surface area contributed by atoms with Crippen LogP contribution in [0.25, 0.3) is 4.85 Å². The zero-order chi connectivity index (χ0) is 24.0. The molecular weight excluding hydrogens is 484 g/mol. The van der Waals surface area contributed by atoms with Gasteiger partial charge in [-0.2, -0.15) is 26.3 Å². The molecule has 18 heteroatoms. The average molecular weight is 496 g/mol. The van der Waals surface area contributed by atoms with Gasteiger partial charge in [-0.25, -0.2) is 25.3 Å². The fraction of sp³-hybridized carbons (Fsp3) is 0.727. The van der Waals surface area contributed by atoms with Crippen molar-refractivity contribution >= 4 is 41.1 Å². The van der Waals surface area contributed by atoms with Crippen LogP contribution in [0.1, 0.15) is 13.8 Å². The molecule has 0 amide bonds. The molecule has 0 aliphatic carbocycles. The lowest BCUT2D eigenvalue weighted by atomic mass is 10.2. The molecule has 0 saturated heterocycles. The van der Waals surface area contributed by atoms with Gasteiger partial charge in [0.15, 0.2) is 16.8 Å². The lowest BCUT2D eigenvalue weighted by molar-refractivity contribution is -0.243. The Morgan fingerprint density at radius 2 is 1.10 bits per heavy atom. The molecule has 168 valence electrons. The van der Waals surface area contributed by atoms with E-state index >= 15 is 0 Å². The van der Waals surface area contributed by atoms with Crippen molar-refractivity contribution in [3.63, 3.8) is 0 Å². The Hall–Kier alpha value is -1.74. The van der Waals surface area contributed by atoms with E-state index in [4.69, 9.17) is 0 Å². The van der Waals surface area contributed by atoms with Crippen molar-refractivity contribution in [2.24, 2.45) is 0 Å². The van der Waals surface area contributed by atoms with Crippen LogP contribution in [0.2, 0.25) is 0 Å². The number of sulfone groups is 3. The SMILES string of the molecule is C#[N+]C(S(C)(=O)=O)S(=O)(=O)C(F)(F)C(F)(F)C(F)(F)S(=O)(=O)C(C(C)=O)C(C)=O. The molecule has 0 aromatic heterocycles. The Morgan fingerprint density at radius 1 is 0.793 bits per heavy atom. The second-order valence-corrected chi connectivity index (χ2v) is 12.1. The first kappa shape index (κ1) is 27.3. The van der Waals surface area contributed by atoms with Gasteiger partial charge in [-0.15, -0.1) is 0 Å². The molecule has 1 unspecified atom stereocenters. The first-order chi connectivity index (χ1) is 12.5. The summed E-state index contributed by atoms with van der Waals surface area (Å²) < 4.78 is 149. The minimum atomic E-state index is -7.37. The highest BCUT2D eigenvalue weighted by Gasteiger charge is 2.85. The van der Waals surface area contributed by atoms with E-state index < -0.39 is 67.5 Å². The highest BCUT2D eigenvalue weighted by molar-refractivity contribution is 8.09. The van der Waals surface area contributed by atoms with Gasteiger partial charge >= 0.3 is 31.0 Å². The second kappa shape index (κ2) is 7.50. The summed E-state index contributed by atoms with van der Waals surface area (Å²) in [6.07, 6.45) is -0.115. The van der Waals surface area contributed by atoms with Crippen molar-refractivity contribution in [3.05, 3.63) is 4.85 Å². The number of hydrogen-bond donors (Lipinski definition) is 0. The van der Waals surface area contributed by atoms with Crippen molar-refractivity contribution in [2.45, 2.75) is 40.2 Å². The monoisotopic (exact) mass is 496 g/mol. The van der Waals surface area contributed by atoms with Crippen molar-refractivity contribution in [2.75, 3.05) is 6.26 Å². The molecule has 0 fully saturated rings. The topological polar surface area (TPSA) is 141 Å². The molecule has 0 aromatic carbocycles. The number of ketones is 2. The second-order valence-electron chi connectivity index (χ2n) is 5.58. The van der Waals surface area contributed by atoms with Crippen LogP contribution >= 0.6 is 0 Å². The maximum atomic E-state index is 14.0. The lowest BCUT2D eigenvalue weighted by Gasteiger charge is -2.32. The molecular formula is C11H12F6NO8S3+. The van der Waals surface area contributed by atoms with E-state index in [0.717, 1.165) is 0 Å². The van der Waals surface area contributed by atoms with Gasteiger partial charge in [0, 0.05) is 6.26 Å². The highest BCUT2D eigenvalue weighted by atomic mass is 32.3. The van der Waals surface area contributed by atoms with Gasteiger partial charge in [0.25, 0.3) is 6.57 Å². The zero-order valence-electron chi connectivity index (χ0n) is 14.4. The summed E-state index contributed by atoms with van der Waals surface area (Å²) in [5, 5.41) is -17.7. The van der Waals surface area contributed by atoms with Crippen LogP contribution in [-0.4, -0.2) is 69.5 Å². The smallest absolute Gasteiger partial charge is 0.298 e. The number of nitrogens with zero attached hydrogens (tertiary/aromatic N) is 1. The molecule has 0 N–H and O–H groups in total. The minimum absolute atomic E-state index is 0.115. The number of hydrogen-bond acceptors (Lipinski definition) is 8. The number of Topliss-reactive ketones (excluding diaryl/α,β-unsaturated/α-hetero) is 2. The minimum Gasteiger partial charge on any atom is -0.298 e. The standard InChI is InChI=1S/C11H12F6NO8S3/c1-5(19)7(6(2)20)28(23,24)10(14,15)9(12,13)11(16,17)29(25,26)8(18-3)27(4,21)22/h3,7-8H,1-2,4H3/q+1. The van der Waals surface area contributed by atoms with Crippen LogP contribution in [0, 0.1) is 6.57 Å². The molecule has 0 saturated carbocycles. The molecule has 0 bridgehead atoms. The van der Waals surface area contributed by atoms with Crippen LogP contribution in [0.15, 0.2) is 0 Å². The molecule has 29 heavy (non-hydrogen) atoms. The number of alkyl halides is 6. The average Bonchev–Trinajstić information content (AvgIpc) is 2.43. The van der Waals surface area contributed by atoms with Crippen molar-refractivity contribution < 1.29 is 61.2 Å². The molecule has 0 aliphatic rings. The largest absolute Gasteiger partial charge is 0.470 e. The van der Waals surface area contributed by atoms with E-state index in [-0.39, 0.29) is 20.1 Å². The molecule has 1 atom stereocenters. The normalized spacial score (nSPS) is 15.6. The van der Waals surface area contributed by atoms with Gasteiger partial charge in [0.05, 0.1) is 0 Å². The molecule has 9 nitrogen and oxygen atoms in total. The predicted octanol–water partition coefficient (Wildman–Crippen LogP) is 0.474. The number of halogens is 6. The van der Waals surface area contributed by atoms with Gasteiger partial charge in [-0.05, 0) is 18.7 Å². The fourth-order valence-corrected chi connectivity index (χ4v) is 6.99. The van der Waals surface area contributed by atoms with Gasteiger partial charge < -0.3 is 0 Å². The van der Waals surface area contributed by atoms with E-state index in [1.54, 1.807) is 0 Å². The summed E-state index contributed by atoms with van der Waals surface area (Å²) in [7, 11) is -19.7. The van der Waals surface area contributed by atoms with E-state index in [1.165, 1.54) is 0 Å². The first-order valence-electron chi connectivity index (χ1n) is 6.66. The Labute approximate surface area is 160 Å². The Balaban J connectivity index is 7.01. The fourth-order valence-electron chi connectivity index (χ4n) is 1.95. The van der Waals surface area contributed by atoms with Gasteiger partial charge in [-0.1, -0.05) is 0 Å². The van der Waals surface area contributed by atoms with E-state index in [2.05, 4.69) is 6.57 Å². The van der Waals surface area contributed by atoms with Gasteiger partial charge in [0.2, 0.25) is 19.7 Å². The van der Waals surface area contributed by atoms with Crippen LogP contribution in [0.3, 0.4) is 0 Å². The summed E-state index contributed by atoms with van der Waals surface area (Å²) in [6, 6.07) is 0. The van der Waals surface area contributed by atoms with E-state index in [0.29, 0.717) is 0 Å². The zero-order valence-corrected chi connectivity index (χ0v) is 16.9. The third kappa shape index (κ3) is 3.99. The third-order valence-corrected chi connectivity index (χ3v) is 9.79. The summed E-state index contributed by atoms with van der Waals surface area (Å²) in [5.74, 6) is -11.3. The van der Waals surface area contributed by atoms with Crippen LogP contribution in [-0.2, 0) is 39.1 Å². The maximum absolute atomic E-state index is 14.0. The summed E-state index contributed by atoms with van der Waals surface area (Å²) in [6.45, 7) is 4.69. The lowest BCUT2D eigenvalue weighted by Crippen LogP contribution is -2.64. The van der Waals surface area contributed by atoms with E-state index in [9.17, 15) is 61.2 Å². The first-order valence-corrected chi connectivity index (χ1v) is 11.7. The van der Waals surface area contributed by atoms with E-state index in [1.807, 2.05) is 4.85 Å². The van der Waals surface area contributed by atoms with Crippen molar-refractivity contribution in [1.82, 2.24) is 0 Å². The van der Waals surface area contributed by atoms with Crippen molar-refractivity contribution in [3.8, 4) is 6.57 Å². The number of carbonyl (C=O) groups is 2. The third-order valence-electron chi connectivity index (χ3n) is 3.25. The summed E-state index contributed by atoms with van der Waals surface area (Å²) in [5.41, 5.74) is 0. The molecule has 0 spiro atoms.